The van der Waals surface area contributed by atoms with Gasteiger partial charge in [-0.15, -0.1) is 0 Å². The summed E-state index contributed by atoms with van der Waals surface area (Å²) in [6.07, 6.45) is 5.16. The van der Waals surface area contributed by atoms with Crippen LogP contribution < -0.4 is 10.2 Å². The van der Waals surface area contributed by atoms with Gasteiger partial charge in [0.1, 0.15) is 5.76 Å². The minimum Gasteiger partial charge on any atom is -0.468 e. The van der Waals surface area contributed by atoms with Crippen LogP contribution in [0, 0.1) is 0 Å². The number of rotatable bonds is 5. The minimum atomic E-state index is -0.389. The molecule has 2 aliphatic heterocycles. The highest BCUT2D eigenvalue weighted by Gasteiger charge is 2.24. The molecule has 1 aromatic carbocycles. The van der Waals surface area contributed by atoms with Gasteiger partial charge in [0.05, 0.1) is 18.9 Å². The first-order valence-electron chi connectivity index (χ1n) is 10.3. The van der Waals surface area contributed by atoms with E-state index < -0.39 is 0 Å². The van der Waals surface area contributed by atoms with Gasteiger partial charge < -0.3 is 24.6 Å². The first kappa shape index (κ1) is 19.0. The van der Waals surface area contributed by atoms with E-state index in [4.69, 9.17) is 4.42 Å². The summed E-state index contributed by atoms with van der Waals surface area (Å²) in [5, 5.41) is 13.4. The van der Waals surface area contributed by atoms with E-state index in [1.165, 1.54) is 5.69 Å². The quantitative estimate of drug-likeness (QED) is 0.831. The van der Waals surface area contributed by atoms with E-state index in [2.05, 4.69) is 10.2 Å². The molecule has 150 valence electrons. The Morgan fingerprint density at radius 2 is 1.89 bits per heavy atom. The molecule has 0 aliphatic carbocycles. The average Bonchev–Trinajstić information content (AvgIpc) is 3.26. The van der Waals surface area contributed by atoms with E-state index in [1.807, 2.05) is 36.4 Å². The molecule has 2 aliphatic rings. The maximum atomic E-state index is 12.6. The highest BCUT2D eigenvalue weighted by atomic mass is 16.3. The maximum Gasteiger partial charge on any atom is 0.253 e. The average molecular weight is 383 g/mol. The van der Waals surface area contributed by atoms with E-state index in [9.17, 15) is 9.90 Å². The zero-order valence-corrected chi connectivity index (χ0v) is 16.2. The third kappa shape index (κ3) is 4.56. The van der Waals surface area contributed by atoms with Crippen LogP contribution in [0.3, 0.4) is 0 Å². The van der Waals surface area contributed by atoms with Crippen molar-refractivity contribution in [2.75, 3.05) is 31.1 Å². The number of benzene rings is 1. The predicted octanol–water partition coefficient (Wildman–Crippen LogP) is 2.64. The number of aliphatic hydroxyl groups excluding tert-OH is 1. The van der Waals surface area contributed by atoms with Gasteiger partial charge in [-0.25, -0.2) is 0 Å². The molecule has 2 N–H and O–H groups in total. The molecule has 6 nitrogen and oxygen atoms in total. The highest BCUT2D eigenvalue weighted by Crippen LogP contribution is 2.22. The van der Waals surface area contributed by atoms with Crippen LogP contribution in [0.25, 0.3) is 0 Å². The fraction of sp³-hybridized carbons (Fsp3) is 0.500. The van der Waals surface area contributed by atoms with Gasteiger partial charge in [-0.05, 0) is 62.1 Å². The van der Waals surface area contributed by atoms with Crippen molar-refractivity contribution in [3.05, 3.63) is 54.0 Å². The van der Waals surface area contributed by atoms with Crippen LogP contribution in [0.5, 0.6) is 0 Å². The zero-order chi connectivity index (χ0) is 19.3. The second kappa shape index (κ2) is 8.80. The largest absolute Gasteiger partial charge is 0.468 e. The second-order valence-corrected chi connectivity index (χ2v) is 7.82. The normalized spacial score (nSPS) is 21.1. The molecule has 2 fully saturated rings. The monoisotopic (exact) mass is 383 g/mol. The Hall–Kier alpha value is -2.31. The van der Waals surface area contributed by atoms with Gasteiger partial charge in [0.2, 0.25) is 0 Å². The zero-order valence-electron chi connectivity index (χ0n) is 16.2. The number of anilines is 1. The van der Waals surface area contributed by atoms with Crippen LogP contribution in [0.15, 0.2) is 47.1 Å². The summed E-state index contributed by atoms with van der Waals surface area (Å²) in [5.74, 6) is 0.995. The molecule has 2 aromatic rings. The van der Waals surface area contributed by atoms with Crippen molar-refractivity contribution in [3.63, 3.8) is 0 Å². The molecule has 0 saturated carbocycles. The van der Waals surface area contributed by atoms with Crippen LogP contribution in [0.4, 0.5) is 5.69 Å². The molecule has 2 saturated heterocycles. The van der Waals surface area contributed by atoms with E-state index in [1.54, 1.807) is 11.2 Å². The lowest BCUT2D eigenvalue weighted by atomic mass is 10.0. The van der Waals surface area contributed by atoms with E-state index in [0.717, 1.165) is 57.6 Å². The fourth-order valence-electron chi connectivity index (χ4n) is 4.14. The van der Waals surface area contributed by atoms with Crippen molar-refractivity contribution in [1.82, 2.24) is 10.2 Å². The Kier molecular flexibility index (Phi) is 5.98. The molecule has 1 atom stereocenters. The lowest BCUT2D eigenvalue weighted by molar-refractivity contribution is 0.0474. The number of hydrogen-bond acceptors (Lipinski definition) is 5. The number of furan rings is 1. The van der Waals surface area contributed by atoms with Crippen molar-refractivity contribution in [3.8, 4) is 0 Å². The molecule has 3 heterocycles. The summed E-state index contributed by atoms with van der Waals surface area (Å²) in [7, 11) is 0. The molecule has 1 amide bonds. The van der Waals surface area contributed by atoms with Crippen molar-refractivity contribution < 1.29 is 14.3 Å². The number of nitrogens with zero attached hydrogens (tertiary/aromatic N) is 2. The standard InChI is InChI=1S/C22H29N3O3/c26-20-3-1-11-25(16-20)22(27)17-5-7-19(8-6-17)24-12-9-18(10-13-24)23-15-21-4-2-14-28-21/h2,4-8,14,18,20,23,26H,1,3,9-13,15-16H2. The molecular weight excluding hydrogens is 354 g/mol. The number of nitrogens with one attached hydrogen (secondary N) is 1. The fourth-order valence-corrected chi connectivity index (χ4v) is 4.14. The lowest BCUT2D eigenvalue weighted by Crippen LogP contribution is -2.42. The van der Waals surface area contributed by atoms with E-state index >= 15 is 0 Å². The summed E-state index contributed by atoms with van der Waals surface area (Å²) in [4.78, 5) is 16.8. The Balaban J connectivity index is 1.28. The number of β-amino-alcohol motifs (C(OH)–C–C–N with tert-alkyl or cyclic N) is 1. The van der Waals surface area contributed by atoms with Crippen LogP contribution >= 0.6 is 0 Å². The summed E-state index contributed by atoms with van der Waals surface area (Å²) in [5.41, 5.74) is 1.87. The van der Waals surface area contributed by atoms with Crippen LogP contribution in [-0.4, -0.2) is 54.2 Å². The van der Waals surface area contributed by atoms with Gasteiger partial charge in [0, 0.05) is 43.5 Å². The molecule has 6 heteroatoms. The van der Waals surface area contributed by atoms with Gasteiger partial charge in [0.15, 0.2) is 0 Å². The Morgan fingerprint density at radius 1 is 1.11 bits per heavy atom. The summed E-state index contributed by atoms with van der Waals surface area (Å²) >= 11 is 0. The minimum absolute atomic E-state index is 0.0196. The first-order chi connectivity index (χ1) is 13.7. The number of hydrogen-bond donors (Lipinski definition) is 2. The number of piperidine rings is 2. The number of carbonyl (C=O) groups is 1. The van der Waals surface area contributed by atoms with Gasteiger partial charge in [-0.1, -0.05) is 0 Å². The van der Waals surface area contributed by atoms with Crippen molar-refractivity contribution in [2.45, 2.75) is 44.4 Å². The van der Waals surface area contributed by atoms with E-state index in [-0.39, 0.29) is 12.0 Å². The number of amides is 1. The second-order valence-electron chi connectivity index (χ2n) is 7.82. The predicted molar refractivity (Wildman–Crippen MR) is 108 cm³/mol. The molecule has 1 aromatic heterocycles. The van der Waals surface area contributed by atoms with Crippen molar-refractivity contribution in [1.29, 1.82) is 0 Å². The number of aliphatic hydroxyl groups is 1. The summed E-state index contributed by atoms with van der Waals surface area (Å²) in [6, 6.07) is 12.3. The SMILES string of the molecule is O=C(c1ccc(N2CCC(NCc3ccco3)CC2)cc1)N1CCCC(O)C1. The lowest BCUT2D eigenvalue weighted by Gasteiger charge is -2.34. The third-order valence-corrected chi connectivity index (χ3v) is 5.80. The first-order valence-corrected chi connectivity index (χ1v) is 10.3. The van der Waals surface area contributed by atoms with Crippen LogP contribution in [0.1, 0.15) is 41.8 Å². The third-order valence-electron chi connectivity index (χ3n) is 5.80. The number of carbonyl (C=O) groups excluding carboxylic acids is 1. The van der Waals surface area contributed by atoms with Gasteiger partial charge in [0.25, 0.3) is 5.91 Å². The Labute approximate surface area is 166 Å². The van der Waals surface area contributed by atoms with Gasteiger partial charge in [-0.2, -0.15) is 0 Å². The van der Waals surface area contributed by atoms with Gasteiger partial charge in [-0.3, -0.25) is 4.79 Å². The topological polar surface area (TPSA) is 69.0 Å². The smallest absolute Gasteiger partial charge is 0.253 e. The Bertz CT molecular complexity index is 752. The summed E-state index contributed by atoms with van der Waals surface area (Å²) in [6.45, 7) is 3.96. The Morgan fingerprint density at radius 3 is 2.57 bits per heavy atom. The van der Waals surface area contributed by atoms with E-state index in [0.29, 0.717) is 18.2 Å². The van der Waals surface area contributed by atoms with Gasteiger partial charge >= 0.3 is 0 Å². The molecule has 1 unspecified atom stereocenters. The molecular formula is C22H29N3O3. The van der Waals surface area contributed by atoms with Crippen molar-refractivity contribution in [2.24, 2.45) is 0 Å². The summed E-state index contributed by atoms with van der Waals surface area (Å²) < 4.78 is 5.38. The molecule has 0 radical (unpaired) electrons. The molecule has 0 bridgehead atoms. The number of likely N-dealkylation sites (tertiary alicyclic amines) is 1. The molecule has 0 spiro atoms. The molecule has 4 rings (SSSR count). The van der Waals surface area contributed by atoms with Crippen LogP contribution in [0.2, 0.25) is 0 Å². The van der Waals surface area contributed by atoms with Crippen molar-refractivity contribution >= 4 is 11.6 Å². The highest BCUT2D eigenvalue weighted by molar-refractivity contribution is 5.94. The maximum absolute atomic E-state index is 12.6. The van der Waals surface area contributed by atoms with Crippen LogP contribution in [-0.2, 0) is 6.54 Å². The molecule has 28 heavy (non-hydrogen) atoms.